The maximum absolute atomic E-state index is 14.1. The number of ether oxygens (including phenoxy) is 2. The zero-order valence-electron chi connectivity index (χ0n) is 17.6. The van der Waals surface area contributed by atoms with Crippen LogP contribution in [0.5, 0.6) is 5.88 Å². The summed E-state index contributed by atoms with van der Waals surface area (Å²) in [6, 6.07) is 8.11. The molecule has 1 amide bonds. The molecule has 1 aliphatic heterocycles. The second-order valence-corrected chi connectivity index (χ2v) is 8.01. The van der Waals surface area contributed by atoms with Gasteiger partial charge in [0.25, 0.3) is 5.88 Å². The van der Waals surface area contributed by atoms with Gasteiger partial charge >= 0.3 is 0 Å². The number of hydrogen-bond donors (Lipinski definition) is 2. The molecular weight excluding hydrogens is 401 g/mol. The van der Waals surface area contributed by atoms with Crippen LogP contribution in [-0.2, 0) is 9.53 Å². The van der Waals surface area contributed by atoms with E-state index < -0.39 is 5.82 Å². The molecule has 4 rings (SSSR count). The van der Waals surface area contributed by atoms with Gasteiger partial charge in [0, 0.05) is 37.4 Å². The van der Waals surface area contributed by atoms with Crippen molar-refractivity contribution in [1.82, 2.24) is 15.3 Å². The molecule has 2 heterocycles. The van der Waals surface area contributed by atoms with Crippen LogP contribution in [0.3, 0.4) is 0 Å². The quantitative estimate of drug-likeness (QED) is 0.700. The van der Waals surface area contributed by atoms with Gasteiger partial charge in [-0.1, -0.05) is 0 Å². The fourth-order valence-corrected chi connectivity index (χ4v) is 4.06. The Morgan fingerprint density at radius 3 is 2.77 bits per heavy atom. The number of carbonyl (C=O) groups is 1. The normalized spacial score (nSPS) is 21.0. The summed E-state index contributed by atoms with van der Waals surface area (Å²) in [6.45, 7) is 5.10. The third-order valence-electron chi connectivity index (χ3n) is 5.62. The van der Waals surface area contributed by atoms with E-state index in [1.807, 2.05) is 24.3 Å². The summed E-state index contributed by atoms with van der Waals surface area (Å²) in [5, 5.41) is 6.03. The van der Waals surface area contributed by atoms with Gasteiger partial charge in [0.05, 0.1) is 26.0 Å². The summed E-state index contributed by atoms with van der Waals surface area (Å²) in [6.07, 6.45) is 3.78. The molecule has 2 aromatic rings. The van der Waals surface area contributed by atoms with E-state index in [1.54, 1.807) is 0 Å². The first-order valence-corrected chi connectivity index (χ1v) is 10.7. The van der Waals surface area contributed by atoms with Gasteiger partial charge in [-0.3, -0.25) is 4.79 Å². The summed E-state index contributed by atoms with van der Waals surface area (Å²) in [5.41, 5.74) is 1.94. The van der Waals surface area contributed by atoms with Crippen molar-refractivity contribution >= 4 is 23.2 Å². The number of nitrogens with one attached hydrogen (secondary N) is 2. The Kier molecular flexibility index (Phi) is 6.81. The standard InChI is InChI=1S/C22H28FN5O3/c1-15(29)25-18-3-2-16(12-18)14-31-21-20(23)13-24-22(27-21)26-17-4-6-19(7-5-17)28-8-10-30-11-9-28/h4-7,13,16,18H,2-3,8-12,14H2,1H3,(H,25,29)(H,24,26,27)/t16-,18+/m1/s1. The highest BCUT2D eigenvalue weighted by Crippen LogP contribution is 2.27. The SMILES string of the molecule is CC(=O)N[C@H]1CC[C@@H](COc2nc(Nc3ccc(N4CCOCC4)cc3)ncc2F)C1. The molecule has 1 aliphatic carbocycles. The zero-order chi connectivity index (χ0) is 21.6. The third-order valence-corrected chi connectivity index (χ3v) is 5.62. The van der Waals surface area contributed by atoms with E-state index in [0.29, 0.717) is 6.61 Å². The van der Waals surface area contributed by atoms with Gasteiger partial charge in [-0.05, 0) is 49.4 Å². The monoisotopic (exact) mass is 429 g/mol. The van der Waals surface area contributed by atoms with E-state index >= 15 is 0 Å². The van der Waals surface area contributed by atoms with Crippen LogP contribution in [0.15, 0.2) is 30.5 Å². The highest BCUT2D eigenvalue weighted by Gasteiger charge is 2.26. The Bertz CT molecular complexity index is 889. The van der Waals surface area contributed by atoms with Crippen LogP contribution in [0.4, 0.5) is 21.7 Å². The number of anilines is 3. The number of hydrogen-bond acceptors (Lipinski definition) is 7. The second-order valence-electron chi connectivity index (χ2n) is 8.01. The molecule has 0 spiro atoms. The van der Waals surface area contributed by atoms with Crippen LogP contribution in [-0.4, -0.2) is 54.8 Å². The van der Waals surface area contributed by atoms with E-state index in [4.69, 9.17) is 9.47 Å². The first-order chi connectivity index (χ1) is 15.1. The lowest BCUT2D eigenvalue weighted by atomic mass is 10.1. The third kappa shape index (κ3) is 5.81. The number of halogens is 1. The van der Waals surface area contributed by atoms with Crippen LogP contribution >= 0.6 is 0 Å². The average molecular weight is 429 g/mol. The van der Waals surface area contributed by atoms with E-state index in [1.165, 1.54) is 6.92 Å². The van der Waals surface area contributed by atoms with Crippen molar-refractivity contribution in [3.8, 4) is 5.88 Å². The maximum atomic E-state index is 14.1. The molecule has 1 saturated carbocycles. The number of amides is 1. The topological polar surface area (TPSA) is 88.6 Å². The molecule has 2 N–H and O–H groups in total. The van der Waals surface area contributed by atoms with Gasteiger partial charge in [-0.15, -0.1) is 0 Å². The predicted octanol–water partition coefficient (Wildman–Crippen LogP) is 2.88. The van der Waals surface area contributed by atoms with Gasteiger partial charge in [-0.25, -0.2) is 4.98 Å². The Morgan fingerprint density at radius 2 is 2.03 bits per heavy atom. The molecule has 166 valence electrons. The fourth-order valence-electron chi connectivity index (χ4n) is 4.06. The van der Waals surface area contributed by atoms with Crippen LogP contribution in [0, 0.1) is 11.7 Å². The highest BCUT2D eigenvalue weighted by atomic mass is 19.1. The lowest BCUT2D eigenvalue weighted by molar-refractivity contribution is -0.119. The van der Waals surface area contributed by atoms with Crippen molar-refractivity contribution in [2.45, 2.75) is 32.2 Å². The molecule has 0 unspecified atom stereocenters. The smallest absolute Gasteiger partial charge is 0.255 e. The number of nitrogens with zero attached hydrogens (tertiary/aromatic N) is 3. The molecule has 0 radical (unpaired) electrons. The second kappa shape index (κ2) is 9.91. The minimum absolute atomic E-state index is 0.0258. The molecule has 2 aliphatic rings. The van der Waals surface area contributed by atoms with Gasteiger partial charge in [-0.2, -0.15) is 9.37 Å². The Balaban J connectivity index is 1.33. The van der Waals surface area contributed by atoms with Gasteiger partial charge < -0.3 is 25.0 Å². The van der Waals surface area contributed by atoms with Gasteiger partial charge in [0.1, 0.15) is 0 Å². The minimum Gasteiger partial charge on any atom is -0.475 e. The first-order valence-electron chi connectivity index (χ1n) is 10.7. The van der Waals surface area contributed by atoms with Gasteiger partial charge in [0.2, 0.25) is 17.7 Å². The molecule has 1 aromatic carbocycles. The largest absolute Gasteiger partial charge is 0.475 e. The number of benzene rings is 1. The minimum atomic E-state index is -0.593. The molecular formula is C22H28FN5O3. The summed E-state index contributed by atoms with van der Waals surface area (Å²) < 4.78 is 25.2. The summed E-state index contributed by atoms with van der Waals surface area (Å²) in [5.74, 6) is -0.148. The van der Waals surface area contributed by atoms with Crippen molar-refractivity contribution in [2.75, 3.05) is 43.1 Å². The van der Waals surface area contributed by atoms with E-state index in [9.17, 15) is 9.18 Å². The van der Waals surface area contributed by atoms with Crippen molar-refractivity contribution < 1.29 is 18.7 Å². The van der Waals surface area contributed by atoms with Crippen LogP contribution < -0.4 is 20.3 Å². The Hall–Kier alpha value is -2.94. The average Bonchev–Trinajstić information content (AvgIpc) is 3.22. The lowest BCUT2D eigenvalue weighted by Crippen LogP contribution is -2.36. The molecule has 0 bridgehead atoms. The molecule has 31 heavy (non-hydrogen) atoms. The van der Waals surface area contributed by atoms with Crippen molar-refractivity contribution in [3.05, 3.63) is 36.3 Å². The number of rotatable bonds is 7. The number of carbonyl (C=O) groups excluding carboxylic acids is 1. The van der Waals surface area contributed by atoms with Crippen molar-refractivity contribution in [1.29, 1.82) is 0 Å². The molecule has 2 atom stereocenters. The molecule has 8 nitrogen and oxygen atoms in total. The van der Waals surface area contributed by atoms with E-state index in [0.717, 1.165) is 63.1 Å². The Morgan fingerprint density at radius 1 is 1.26 bits per heavy atom. The molecule has 2 fully saturated rings. The fraction of sp³-hybridized carbons (Fsp3) is 0.500. The van der Waals surface area contributed by atoms with Crippen LogP contribution in [0.25, 0.3) is 0 Å². The summed E-state index contributed by atoms with van der Waals surface area (Å²) in [7, 11) is 0. The van der Waals surface area contributed by atoms with Crippen molar-refractivity contribution in [2.24, 2.45) is 5.92 Å². The summed E-state index contributed by atoms with van der Waals surface area (Å²) >= 11 is 0. The predicted molar refractivity (Wildman–Crippen MR) is 115 cm³/mol. The van der Waals surface area contributed by atoms with E-state index in [2.05, 4.69) is 25.5 Å². The van der Waals surface area contributed by atoms with Crippen LogP contribution in [0.1, 0.15) is 26.2 Å². The Labute approximate surface area is 181 Å². The molecule has 9 heteroatoms. The maximum Gasteiger partial charge on any atom is 0.255 e. The molecule has 1 saturated heterocycles. The van der Waals surface area contributed by atoms with Crippen molar-refractivity contribution in [3.63, 3.8) is 0 Å². The summed E-state index contributed by atoms with van der Waals surface area (Å²) in [4.78, 5) is 21.7. The van der Waals surface area contributed by atoms with Crippen LogP contribution in [0.2, 0.25) is 0 Å². The number of morpholine rings is 1. The number of aromatic nitrogens is 2. The van der Waals surface area contributed by atoms with E-state index in [-0.39, 0.29) is 29.7 Å². The molecule has 1 aromatic heterocycles. The van der Waals surface area contributed by atoms with Gasteiger partial charge in [0.15, 0.2) is 0 Å². The highest BCUT2D eigenvalue weighted by molar-refractivity contribution is 5.73. The first kappa shape index (κ1) is 21.3. The lowest BCUT2D eigenvalue weighted by Gasteiger charge is -2.28. The zero-order valence-corrected chi connectivity index (χ0v) is 17.6.